The van der Waals surface area contributed by atoms with Gasteiger partial charge in [0.05, 0.1) is 13.2 Å². The Morgan fingerprint density at radius 2 is 1.45 bits per heavy atom. The Kier molecular flexibility index (Phi) is 7.14. The number of nitrogens with one attached hydrogen (secondary N) is 1. The molecular weight excluding hydrogens is 333 g/mol. The highest BCUT2D eigenvalue weighted by Crippen LogP contribution is 2.19. The summed E-state index contributed by atoms with van der Waals surface area (Å²) in [4.78, 5) is 35.7. The smallest absolute Gasteiger partial charge is 0.340 e. The van der Waals surface area contributed by atoms with Crippen LogP contribution in [0, 0.1) is 0 Å². The molecule has 8 heteroatoms. The summed E-state index contributed by atoms with van der Waals surface area (Å²) in [6.45, 7) is 3.29. The summed E-state index contributed by atoms with van der Waals surface area (Å²) in [7, 11) is 0. The third-order valence-electron chi connectivity index (χ3n) is 2.44. The van der Waals surface area contributed by atoms with E-state index in [4.69, 9.17) is 32.7 Å². The molecule has 0 saturated heterocycles. The number of halogens is 2. The molecule has 0 aliphatic heterocycles. The van der Waals surface area contributed by atoms with Gasteiger partial charge in [-0.1, -0.05) is 23.2 Å². The normalized spacial score (nSPS) is 10.2. The minimum atomic E-state index is -1.55. The van der Waals surface area contributed by atoms with Crippen molar-refractivity contribution in [3.63, 3.8) is 0 Å². The van der Waals surface area contributed by atoms with Gasteiger partial charge in [0.1, 0.15) is 0 Å². The highest BCUT2D eigenvalue weighted by atomic mass is 35.5. The average molecular weight is 348 g/mol. The van der Waals surface area contributed by atoms with Crippen molar-refractivity contribution in [2.24, 2.45) is 0 Å². The Hall–Kier alpha value is -1.79. The van der Waals surface area contributed by atoms with E-state index in [0.29, 0.717) is 0 Å². The van der Waals surface area contributed by atoms with E-state index in [2.05, 4.69) is 5.32 Å². The lowest BCUT2D eigenvalue weighted by molar-refractivity contribution is -0.157. The Morgan fingerprint density at radius 1 is 1.00 bits per heavy atom. The van der Waals surface area contributed by atoms with Gasteiger partial charge >= 0.3 is 11.9 Å². The first-order valence-electron chi connectivity index (χ1n) is 6.49. The fraction of sp³-hybridized carbons (Fsp3) is 0.357. The molecule has 0 atom stereocenters. The molecule has 0 spiro atoms. The molecule has 1 aromatic carbocycles. The highest BCUT2D eigenvalue weighted by molar-refractivity contribution is 6.35. The first kappa shape index (κ1) is 18.3. The van der Waals surface area contributed by atoms with Gasteiger partial charge in [-0.25, -0.2) is 9.59 Å². The Bertz CT molecular complexity index is 538. The summed E-state index contributed by atoms with van der Waals surface area (Å²) in [6, 6.07) is 2.62. The molecule has 0 radical (unpaired) electrons. The zero-order valence-electron chi connectivity index (χ0n) is 12.0. The Morgan fingerprint density at radius 3 is 1.86 bits per heavy atom. The number of hydrogen-bond donors (Lipinski definition) is 1. The molecule has 120 valence electrons. The van der Waals surface area contributed by atoms with Crippen LogP contribution in [0.2, 0.25) is 10.0 Å². The van der Waals surface area contributed by atoms with Gasteiger partial charge in [-0.3, -0.25) is 4.79 Å². The van der Waals surface area contributed by atoms with Crippen LogP contribution in [-0.2, 0) is 19.1 Å². The molecule has 0 aromatic heterocycles. The van der Waals surface area contributed by atoms with E-state index >= 15 is 0 Å². The lowest BCUT2D eigenvalue weighted by atomic mass is 10.2. The molecule has 0 heterocycles. The van der Waals surface area contributed by atoms with Gasteiger partial charge < -0.3 is 14.8 Å². The van der Waals surface area contributed by atoms with Gasteiger partial charge in [-0.2, -0.15) is 0 Å². The summed E-state index contributed by atoms with van der Waals surface area (Å²) in [5.74, 6) is -2.50. The van der Waals surface area contributed by atoms with Crippen LogP contribution in [0.3, 0.4) is 0 Å². The number of carbonyl (C=O) groups excluding carboxylic acids is 3. The summed E-state index contributed by atoms with van der Waals surface area (Å²) < 4.78 is 9.50. The minimum Gasteiger partial charge on any atom is -0.464 e. The van der Waals surface area contributed by atoms with Gasteiger partial charge in [-0.05, 0) is 32.0 Å². The third kappa shape index (κ3) is 5.20. The van der Waals surface area contributed by atoms with E-state index in [1.165, 1.54) is 18.2 Å². The molecule has 1 amide bonds. The number of amides is 1. The molecule has 22 heavy (non-hydrogen) atoms. The average Bonchev–Trinajstić information content (AvgIpc) is 2.43. The van der Waals surface area contributed by atoms with Crippen molar-refractivity contribution in [2.75, 3.05) is 13.2 Å². The molecule has 0 saturated carbocycles. The van der Waals surface area contributed by atoms with Gasteiger partial charge in [-0.15, -0.1) is 0 Å². The van der Waals surface area contributed by atoms with E-state index in [1.807, 2.05) is 0 Å². The topological polar surface area (TPSA) is 81.7 Å². The first-order valence-corrected chi connectivity index (χ1v) is 7.24. The van der Waals surface area contributed by atoms with Crippen molar-refractivity contribution >= 4 is 41.0 Å². The summed E-state index contributed by atoms with van der Waals surface area (Å²) in [5.41, 5.74) is 0.107. The van der Waals surface area contributed by atoms with Crippen molar-refractivity contribution in [3.8, 4) is 0 Å². The fourth-order valence-electron chi connectivity index (χ4n) is 1.56. The maximum atomic E-state index is 12.1. The van der Waals surface area contributed by atoms with Crippen molar-refractivity contribution in [2.45, 2.75) is 19.9 Å². The quantitative estimate of drug-likeness (QED) is 0.630. The summed E-state index contributed by atoms with van der Waals surface area (Å²) >= 11 is 11.6. The van der Waals surface area contributed by atoms with E-state index < -0.39 is 23.9 Å². The predicted octanol–water partition coefficient (Wildman–Crippen LogP) is 2.22. The summed E-state index contributed by atoms with van der Waals surface area (Å²) in [5, 5.41) is 2.75. The minimum absolute atomic E-state index is 0.0631. The van der Waals surface area contributed by atoms with Crippen LogP contribution >= 0.6 is 23.2 Å². The van der Waals surface area contributed by atoms with Crippen molar-refractivity contribution < 1.29 is 23.9 Å². The van der Waals surface area contributed by atoms with Crippen LogP contribution in [0.25, 0.3) is 0 Å². The lowest BCUT2D eigenvalue weighted by Crippen LogP contribution is -2.48. The molecular formula is C14H15Cl2NO5. The standard InChI is InChI=1S/C14H15Cl2NO5/c1-3-21-13(19)11(14(20)22-4-2)17-12(18)8-5-9(15)7-10(16)6-8/h5-7,11H,3-4H2,1-2H3,(H,17,18). The molecule has 0 aliphatic carbocycles. The highest BCUT2D eigenvalue weighted by Gasteiger charge is 2.31. The molecule has 1 N–H and O–H groups in total. The SMILES string of the molecule is CCOC(=O)C(NC(=O)c1cc(Cl)cc(Cl)c1)C(=O)OCC. The molecule has 0 unspecified atom stereocenters. The maximum absolute atomic E-state index is 12.1. The number of esters is 2. The second-order valence-electron chi connectivity index (χ2n) is 4.07. The Labute approximate surface area is 137 Å². The second kappa shape index (κ2) is 8.60. The largest absolute Gasteiger partial charge is 0.464 e. The summed E-state index contributed by atoms with van der Waals surface area (Å²) in [6.07, 6.45) is 0. The van der Waals surface area contributed by atoms with Gasteiger partial charge in [0.25, 0.3) is 5.91 Å². The first-order chi connectivity index (χ1) is 10.4. The zero-order valence-corrected chi connectivity index (χ0v) is 13.5. The zero-order chi connectivity index (χ0) is 16.7. The van der Waals surface area contributed by atoms with E-state index in [0.717, 1.165) is 0 Å². The number of rotatable bonds is 6. The van der Waals surface area contributed by atoms with E-state index in [1.54, 1.807) is 13.8 Å². The van der Waals surface area contributed by atoms with Crippen LogP contribution in [0.4, 0.5) is 0 Å². The monoisotopic (exact) mass is 347 g/mol. The second-order valence-corrected chi connectivity index (χ2v) is 4.94. The molecule has 0 fully saturated rings. The van der Waals surface area contributed by atoms with E-state index in [9.17, 15) is 14.4 Å². The number of ether oxygens (including phenoxy) is 2. The van der Waals surface area contributed by atoms with Crippen LogP contribution in [0.15, 0.2) is 18.2 Å². The van der Waals surface area contributed by atoms with E-state index in [-0.39, 0.29) is 28.8 Å². The number of hydrogen-bond acceptors (Lipinski definition) is 5. The van der Waals surface area contributed by atoms with Gasteiger partial charge in [0.2, 0.25) is 6.04 Å². The van der Waals surface area contributed by atoms with Crippen molar-refractivity contribution in [1.82, 2.24) is 5.32 Å². The van der Waals surface area contributed by atoms with Crippen LogP contribution in [-0.4, -0.2) is 37.1 Å². The predicted molar refractivity (Wildman–Crippen MR) is 81.0 cm³/mol. The van der Waals surface area contributed by atoms with Crippen LogP contribution in [0.5, 0.6) is 0 Å². The van der Waals surface area contributed by atoms with Crippen LogP contribution < -0.4 is 5.32 Å². The Balaban J connectivity index is 2.94. The molecule has 0 aliphatic rings. The van der Waals surface area contributed by atoms with Gasteiger partial charge in [0, 0.05) is 15.6 Å². The maximum Gasteiger partial charge on any atom is 0.340 e. The lowest BCUT2D eigenvalue weighted by Gasteiger charge is -2.16. The fourth-order valence-corrected chi connectivity index (χ4v) is 2.09. The molecule has 1 rings (SSSR count). The molecule has 6 nitrogen and oxygen atoms in total. The third-order valence-corrected chi connectivity index (χ3v) is 2.88. The number of carbonyl (C=O) groups is 3. The van der Waals surface area contributed by atoms with Crippen molar-refractivity contribution in [3.05, 3.63) is 33.8 Å². The van der Waals surface area contributed by atoms with Crippen molar-refractivity contribution in [1.29, 1.82) is 0 Å². The molecule has 0 bridgehead atoms. The van der Waals surface area contributed by atoms with Gasteiger partial charge in [0.15, 0.2) is 0 Å². The van der Waals surface area contributed by atoms with Crippen LogP contribution in [0.1, 0.15) is 24.2 Å². The molecule has 1 aromatic rings. The number of benzene rings is 1.